The number of carboxylic acids is 1. The molecule has 2 rings (SSSR count). The van der Waals surface area contributed by atoms with E-state index in [1.165, 1.54) is 18.2 Å². The molecular formula is C12H14N2O6S. The summed E-state index contributed by atoms with van der Waals surface area (Å²) in [5.74, 6) is -1.35. The molecule has 0 aliphatic carbocycles. The van der Waals surface area contributed by atoms with Crippen LogP contribution in [0.2, 0.25) is 0 Å². The fourth-order valence-electron chi connectivity index (χ4n) is 1.70. The number of rotatable bonds is 4. The van der Waals surface area contributed by atoms with E-state index in [0.717, 1.165) is 0 Å². The second-order valence-electron chi connectivity index (χ2n) is 4.94. The molecule has 114 valence electrons. The number of hydrogen-bond donors (Lipinski definition) is 3. The van der Waals surface area contributed by atoms with Gasteiger partial charge in [0.2, 0.25) is 10.0 Å². The third-order valence-corrected chi connectivity index (χ3v) is 4.23. The van der Waals surface area contributed by atoms with Crippen LogP contribution in [0, 0.1) is 0 Å². The molecular weight excluding hydrogens is 300 g/mol. The van der Waals surface area contributed by atoms with Crippen molar-refractivity contribution in [2.45, 2.75) is 24.3 Å². The minimum atomic E-state index is -3.97. The minimum Gasteiger partial charge on any atom is -0.480 e. The maximum Gasteiger partial charge on any atom is 0.318 e. The zero-order valence-corrected chi connectivity index (χ0v) is 12.2. The van der Waals surface area contributed by atoms with E-state index in [4.69, 9.17) is 9.84 Å². The lowest BCUT2D eigenvalue weighted by Crippen LogP contribution is -2.45. The van der Waals surface area contributed by atoms with Crippen LogP contribution in [0.25, 0.3) is 0 Å². The Labute approximate surface area is 121 Å². The van der Waals surface area contributed by atoms with Crippen molar-refractivity contribution in [1.82, 2.24) is 4.72 Å². The van der Waals surface area contributed by atoms with Crippen LogP contribution in [-0.2, 0) is 19.6 Å². The molecule has 0 radical (unpaired) electrons. The standard InChI is InChI=1S/C12H14N2O6S/c1-12(2)11(17)14-8-5-7(3-4-9(8)20-12)21(18,19)13-6-10(15)16/h3-5,13H,6H2,1-2H3,(H,14,17)(H,15,16). The van der Waals surface area contributed by atoms with Gasteiger partial charge in [-0.3, -0.25) is 9.59 Å². The van der Waals surface area contributed by atoms with Crippen molar-refractivity contribution in [3.63, 3.8) is 0 Å². The second kappa shape index (κ2) is 5.01. The molecule has 0 spiro atoms. The van der Waals surface area contributed by atoms with Gasteiger partial charge in [-0.25, -0.2) is 8.42 Å². The predicted octanol–water partition coefficient (Wildman–Crippen LogP) is 0.159. The molecule has 0 saturated heterocycles. The van der Waals surface area contributed by atoms with Gasteiger partial charge in [-0.15, -0.1) is 0 Å². The number of carbonyl (C=O) groups excluding carboxylic acids is 1. The van der Waals surface area contributed by atoms with Gasteiger partial charge in [-0.05, 0) is 32.0 Å². The molecule has 3 N–H and O–H groups in total. The molecule has 1 aliphatic rings. The van der Waals surface area contributed by atoms with Gasteiger partial charge in [0, 0.05) is 0 Å². The molecule has 1 aliphatic heterocycles. The quantitative estimate of drug-likeness (QED) is 0.727. The molecule has 1 amide bonds. The summed E-state index contributed by atoms with van der Waals surface area (Å²) < 4.78 is 31.2. The number of sulfonamides is 1. The Bertz CT molecular complexity index is 710. The Morgan fingerprint density at radius 1 is 1.43 bits per heavy atom. The first-order valence-electron chi connectivity index (χ1n) is 5.98. The number of nitrogens with one attached hydrogen (secondary N) is 2. The zero-order chi connectivity index (χ0) is 15.8. The molecule has 21 heavy (non-hydrogen) atoms. The molecule has 1 aromatic rings. The largest absolute Gasteiger partial charge is 0.480 e. The van der Waals surface area contributed by atoms with Crippen LogP contribution >= 0.6 is 0 Å². The van der Waals surface area contributed by atoms with Gasteiger partial charge in [0.25, 0.3) is 5.91 Å². The molecule has 0 bridgehead atoms. The maximum absolute atomic E-state index is 11.9. The van der Waals surface area contributed by atoms with Crippen molar-refractivity contribution in [3.05, 3.63) is 18.2 Å². The lowest BCUT2D eigenvalue weighted by Gasteiger charge is -2.31. The van der Waals surface area contributed by atoms with Crippen molar-refractivity contribution in [1.29, 1.82) is 0 Å². The summed E-state index contributed by atoms with van der Waals surface area (Å²) in [6.07, 6.45) is 0. The number of ether oxygens (including phenoxy) is 1. The van der Waals surface area contributed by atoms with E-state index in [-0.39, 0.29) is 10.6 Å². The van der Waals surface area contributed by atoms with Gasteiger partial charge in [0.1, 0.15) is 12.3 Å². The molecule has 0 unspecified atom stereocenters. The third-order valence-electron chi connectivity index (χ3n) is 2.83. The van der Waals surface area contributed by atoms with E-state index in [1.807, 2.05) is 4.72 Å². The van der Waals surface area contributed by atoms with E-state index < -0.39 is 34.0 Å². The number of hydrogen-bond acceptors (Lipinski definition) is 5. The lowest BCUT2D eigenvalue weighted by atomic mass is 10.1. The van der Waals surface area contributed by atoms with Crippen LogP contribution in [0.5, 0.6) is 5.75 Å². The average Bonchev–Trinajstić information content (AvgIpc) is 2.37. The summed E-state index contributed by atoms with van der Waals surface area (Å²) in [6.45, 7) is 2.45. The highest BCUT2D eigenvalue weighted by Gasteiger charge is 2.35. The minimum absolute atomic E-state index is 0.161. The summed E-state index contributed by atoms with van der Waals surface area (Å²) in [5.41, 5.74) is -0.827. The normalized spacial score (nSPS) is 16.6. The highest BCUT2D eigenvalue weighted by atomic mass is 32.2. The highest BCUT2D eigenvalue weighted by Crippen LogP contribution is 2.34. The van der Waals surface area contributed by atoms with E-state index in [1.54, 1.807) is 13.8 Å². The first-order chi connectivity index (χ1) is 9.62. The van der Waals surface area contributed by atoms with Gasteiger partial charge in [0.05, 0.1) is 10.6 Å². The summed E-state index contributed by atoms with van der Waals surface area (Å²) in [7, 11) is -3.97. The Morgan fingerprint density at radius 2 is 2.10 bits per heavy atom. The molecule has 0 saturated carbocycles. The topological polar surface area (TPSA) is 122 Å². The van der Waals surface area contributed by atoms with Crippen LogP contribution in [0.15, 0.2) is 23.1 Å². The third kappa shape index (κ3) is 3.14. The Kier molecular flexibility index (Phi) is 3.64. The van der Waals surface area contributed by atoms with Gasteiger partial charge in [0.15, 0.2) is 5.60 Å². The maximum atomic E-state index is 11.9. The molecule has 1 aromatic carbocycles. The van der Waals surface area contributed by atoms with E-state index in [2.05, 4.69) is 5.32 Å². The molecule has 0 fully saturated rings. The number of anilines is 1. The van der Waals surface area contributed by atoms with Gasteiger partial charge in [-0.2, -0.15) is 4.72 Å². The van der Waals surface area contributed by atoms with E-state index in [9.17, 15) is 18.0 Å². The van der Waals surface area contributed by atoms with Gasteiger partial charge >= 0.3 is 5.97 Å². The molecule has 1 heterocycles. The number of carboxylic acid groups (broad SMARTS) is 1. The number of aliphatic carboxylic acids is 1. The fourth-order valence-corrected chi connectivity index (χ4v) is 2.70. The van der Waals surface area contributed by atoms with E-state index >= 15 is 0 Å². The molecule has 0 aromatic heterocycles. The zero-order valence-electron chi connectivity index (χ0n) is 11.3. The summed E-state index contributed by atoms with van der Waals surface area (Å²) >= 11 is 0. The van der Waals surface area contributed by atoms with Crippen LogP contribution in [0.3, 0.4) is 0 Å². The number of fused-ring (bicyclic) bond motifs is 1. The van der Waals surface area contributed by atoms with Crippen molar-refractivity contribution in [2.24, 2.45) is 0 Å². The molecule has 0 atom stereocenters. The van der Waals surface area contributed by atoms with Crippen molar-refractivity contribution in [3.8, 4) is 5.75 Å². The average molecular weight is 314 g/mol. The van der Waals surface area contributed by atoms with Crippen LogP contribution < -0.4 is 14.8 Å². The number of amides is 1. The van der Waals surface area contributed by atoms with Crippen molar-refractivity contribution >= 4 is 27.6 Å². The molecule has 9 heteroatoms. The van der Waals surface area contributed by atoms with Crippen molar-refractivity contribution in [2.75, 3.05) is 11.9 Å². The van der Waals surface area contributed by atoms with Crippen molar-refractivity contribution < 1.29 is 27.9 Å². The highest BCUT2D eigenvalue weighted by molar-refractivity contribution is 7.89. The first kappa shape index (κ1) is 15.3. The Morgan fingerprint density at radius 3 is 2.71 bits per heavy atom. The molecule has 8 nitrogen and oxygen atoms in total. The fraction of sp³-hybridized carbons (Fsp3) is 0.333. The smallest absolute Gasteiger partial charge is 0.318 e. The number of carbonyl (C=O) groups is 2. The van der Waals surface area contributed by atoms with E-state index in [0.29, 0.717) is 5.75 Å². The summed E-state index contributed by atoms with van der Waals surface area (Å²) in [6, 6.07) is 3.90. The van der Waals surface area contributed by atoms with Gasteiger partial charge in [-0.1, -0.05) is 0 Å². The van der Waals surface area contributed by atoms with Crippen LogP contribution in [0.4, 0.5) is 5.69 Å². The summed E-state index contributed by atoms with van der Waals surface area (Å²) in [4.78, 5) is 22.0. The van der Waals surface area contributed by atoms with Gasteiger partial charge < -0.3 is 15.2 Å². The predicted molar refractivity (Wildman–Crippen MR) is 72.6 cm³/mol. The Hall–Kier alpha value is -2.13. The summed E-state index contributed by atoms with van der Waals surface area (Å²) in [5, 5.41) is 11.1. The Balaban J connectivity index is 2.32. The monoisotopic (exact) mass is 314 g/mol. The SMILES string of the molecule is CC1(C)Oc2ccc(S(=O)(=O)NCC(=O)O)cc2NC1=O. The lowest BCUT2D eigenvalue weighted by molar-refractivity contribution is -0.135. The van der Waals surface area contributed by atoms with Crippen LogP contribution in [0.1, 0.15) is 13.8 Å². The van der Waals surface area contributed by atoms with Crippen LogP contribution in [-0.4, -0.2) is 37.5 Å². The number of benzene rings is 1. The first-order valence-corrected chi connectivity index (χ1v) is 7.46. The second-order valence-corrected chi connectivity index (χ2v) is 6.71.